The van der Waals surface area contributed by atoms with Gasteiger partial charge in [-0.15, -0.1) is 0 Å². The lowest BCUT2D eigenvalue weighted by molar-refractivity contribution is 1.10. The second-order valence-corrected chi connectivity index (χ2v) is 6.81. The molecule has 0 saturated heterocycles. The molecule has 8 heteroatoms. The van der Waals surface area contributed by atoms with Crippen LogP contribution in [0.15, 0.2) is 73.6 Å². The zero-order valence-corrected chi connectivity index (χ0v) is 15.6. The highest BCUT2D eigenvalue weighted by Gasteiger charge is 2.16. The standard InChI is InChI=1S/C22H14N8/c1-2-14(11-24-6-1)17-10-16-18(12-26-17)29-30-20(16)22-27-19-15(5-9-25-21(19)28-22)13-3-7-23-8-4-13/h1-12H,(H,29,30)(H,25,27,28). The van der Waals surface area contributed by atoms with E-state index in [-0.39, 0.29) is 0 Å². The van der Waals surface area contributed by atoms with Crippen LogP contribution in [0, 0.1) is 0 Å². The number of aromatic nitrogens is 8. The van der Waals surface area contributed by atoms with Crippen LogP contribution in [-0.2, 0) is 0 Å². The molecule has 6 aromatic rings. The minimum Gasteiger partial charge on any atom is -0.335 e. The number of hydrogen-bond acceptors (Lipinski definition) is 6. The number of imidazole rings is 1. The molecule has 0 atom stereocenters. The second-order valence-electron chi connectivity index (χ2n) is 6.81. The first kappa shape index (κ1) is 16.5. The Hall–Kier alpha value is -4.46. The maximum absolute atomic E-state index is 4.70. The third-order valence-corrected chi connectivity index (χ3v) is 5.01. The Balaban J connectivity index is 1.52. The van der Waals surface area contributed by atoms with E-state index in [0.717, 1.165) is 44.5 Å². The molecule has 142 valence electrons. The summed E-state index contributed by atoms with van der Waals surface area (Å²) in [7, 11) is 0. The number of aromatic amines is 2. The fourth-order valence-corrected chi connectivity index (χ4v) is 3.56. The quantitative estimate of drug-likeness (QED) is 0.472. The molecule has 0 saturated carbocycles. The molecule has 0 fully saturated rings. The highest BCUT2D eigenvalue weighted by atomic mass is 15.1. The van der Waals surface area contributed by atoms with Gasteiger partial charge in [0.25, 0.3) is 0 Å². The molecule has 6 rings (SSSR count). The summed E-state index contributed by atoms with van der Waals surface area (Å²) in [5.74, 6) is 0.647. The summed E-state index contributed by atoms with van der Waals surface area (Å²) >= 11 is 0. The largest absolute Gasteiger partial charge is 0.335 e. The first-order valence-electron chi connectivity index (χ1n) is 9.37. The number of H-pyrrole nitrogens is 2. The number of rotatable bonds is 3. The first-order valence-corrected chi connectivity index (χ1v) is 9.37. The molecule has 0 bridgehead atoms. The number of pyridine rings is 4. The van der Waals surface area contributed by atoms with Gasteiger partial charge < -0.3 is 4.98 Å². The van der Waals surface area contributed by atoms with Crippen molar-refractivity contribution < 1.29 is 0 Å². The molecule has 2 N–H and O–H groups in total. The summed E-state index contributed by atoms with van der Waals surface area (Å²) in [6.45, 7) is 0. The lowest BCUT2D eigenvalue weighted by Gasteiger charge is -2.01. The second kappa shape index (κ2) is 6.56. The molecular weight excluding hydrogens is 376 g/mol. The molecule has 6 aromatic heterocycles. The maximum atomic E-state index is 4.70. The Morgan fingerprint density at radius 3 is 2.60 bits per heavy atom. The van der Waals surface area contributed by atoms with Gasteiger partial charge in [0.15, 0.2) is 11.5 Å². The van der Waals surface area contributed by atoms with Crippen LogP contribution in [0.25, 0.3) is 56.0 Å². The molecule has 0 spiro atoms. The third-order valence-electron chi connectivity index (χ3n) is 5.01. The summed E-state index contributed by atoms with van der Waals surface area (Å²) in [6.07, 6.45) is 10.6. The van der Waals surface area contributed by atoms with E-state index >= 15 is 0 Å². The predicted octanol–water partition coefficient (Wildman–Crippen LogP) is 4.02. The third kappa shape index (κ3) is 2.62. The Labute approximate surface area is 170 Å². The van der Waals surface area contributed by atoms with Gasteiger partial charge in [-0.25, -0.2) is 9.97 Å². The lowest BCUT2D eigenvalue weighted by atomic mass is 10.1. The summed E-state index contributed by atoms with van der Waals surface area (Å²) < 4.78 is 0. The van der Waals surface area contributed by atoms with E-state index in [2.05, 4.69) is 35.1 Å². The Morgan fingerprint density at radius 1 is 0.800 bits per heavy atom. The summed E-state index contributed by atoms with van der Waals surface area (Å²) in [4.78, 5) is 25.3. The van der Waals surface area contributed by atoms with Crippen molar-refractivity contribution >= 4 is 22.1 Å². The zero-order chi connectivity index (χ0) is 19.9. The van der Waals surface area contributed by atoms with Crippen molar-refractivity contribution in [1.82, 2.24) is 40.1 Å². The van der Waals surface area contributed by atoms with Crippen LogP contribution < -0.4 is 0 Å². The predicted molar refractivity (Wildman–Crippen MR) is 113 cm³/mol. The van der Waals surface area contributed by atoms with Gasteiger partial charge in [0.05, 0.1) is 22.9 Å². The maximum Gasteiger partial charge on any atom is 0.178 e. The fourth-order valence-electron chi connectivity index (χ4n) is 3.56. The van der Waals surface area contributed by atoms with Crippen LogP contribution in [0.3, 0.4) is 0 Å². The summed E-state index contributed by atoms with van der Waals surface area (Å²) in [6, 6.07) is 11.8. The summed E-state index contributed by atoms with van der Waals surface area (Å²) in [5.41, 5.74) is 6.87. The van der Waals surface area contributed by atoms with Gasteiger partial charge in [0.1, 0.15) is 5.69 Å². The van der Waals surface area contributed by atoms with Crippen molar-refractivity contribution in [3.8, 4) is 33.9 Å². The molecule has 0 unspecified atom stereocenters. The summed E-state index contributed by atoms with van der Waals surface area (Å²) in [5, 5.41) is 8.45. The Kier molecular flexibility index (Phi) is 3.60. The Morgan fingerprint density at radius 2 is 1.73 bits per heavy atom. The van der Waals surface area contributed by atoms with Crippen molar-refractivity contribution in [3.05, 3.63) is 73.6 Å². The van der Waals surface area contributed by atoms with E-state index in [1.54, 1.807) is 37.2 Å². The average Bonchev–Trinajstić information content (AvgIpc) is 3.43. The topological polar surface area (TPSA) is 109 Å². The van der Waals surface area contributed by atoms with Gasteiger partial charge in [-0.2, -0.15) is 5.10 Å². The zero-order valence-electron chi connectivity index (χ0n) is 15.6. The van der Waals surface area contributed by atoms with Crippen LogP contribution in [0.2, 0.25) is 0 Å². The van der Waals surface area contributed by atoms with Gasteiger partial charge >= 0.3 is 0 Å². The minimum absolute atomic E-state index is 0.636. The van der Waals surface area contributed by atoms with E-state index < -0.39 is 0 Å². The van der Waals surface area contributed by atoms with Crippen molar-refractivity contribution in [3.63, 3.8) is 0 Å². The van der Waals surface area contributed by atoms with Gasteiger partial charge in [-0.3, -0.25) is 20.1 Å². The smallest absolute Gasteiger partial charge is 0.178 e. The lowest BCUT2D eigenvalue weighted by Crippen LogP contribution is -1.85. The van der Waals surface area contributed by atoms with Crippen molar-refractivity contribution in [2.45, 2.75) is 0 Å². The van der Waals surface area contributed by atoms with Crippen molar-refractivity contribution in [2.24, 2.45) is 0 Å². The SMILES string of the molecule is c1cncc(-c2cc3c(-c4nc5nccc(-c6ccncc6)c5[nH]4)n[nH]c3cn2)c1. The molecule has 0 aliphatic heterocycles. The Bertz CT molecular complexity index is 1490. The van der Waals surface area contributed by atoms with E-state index in [1.807, 2.05) is 36.4 Å². The first-order chi connectivity index (χ1) is 14.9. The van der Waals surface area contributed by atoms with E-state index in [4.69, 9.17) is 4.98 Å². The van der Waals surface area contributed by atoms with Crippen LogP contribution in [-0.4, -0.2) is 40.1 Å². The normalized spacial score (nSPS) is 11.3. The monoisotopic (exact) mass is 390 g/mol. The molecule has 0 aromatic carbocycles. The fraction of sp³-hybridized carbons (Fsp3) is 0. The number of fused-ring (bicyclic) bond motifs is 2. The highest BCUT2D eigenvalue weighted by Crippen LogP contribution is 2.31. The molecule has 30 heavy (non-hydrogen) atoms. The highest BCUT2D eigenvalue weighted by molar-refractivity contribution is 5.96. The molecule has 0 radical (unpaired) electrons. The van der Waals surface area contributed by atoms with Gasteiger partial charge in [-0.05, 0) is 42.0 Å². The molecule has 0 aliphatic carbocycles. The number of hydrogen-bond donors (Lipinski definition) is 2. The average molecular weight is 390 g/mol. The van der Waals surface area contributed by atoms with Gasteiger partial charge in [-0.1, -0.05) is 0 Å². The molecule has 0 amide bonds. The molecule has 8 nitrogen and oxygen atoms in total. The molecule has 6 heterocycles. The minimum atomic E-state index is 0.636. The van der Waals surface area contributed by atoms with Gasteiger partial charge in [0, 0.05) is 47.5 Å². The van der Waals surface area contributed by atoms with Gasteiger partial charge in [0.2, 0.25) is 0 Å². The van der Waals surface area contributed by atoms with Crippen LogP contribution in [0.4, 0.5) is 0 Å². The molecular formula is C22H14N8. The van der Waals surface area contributed by atoms with Crippen molar-refractivity contribution in [2.75, 3.05) is 0 Å². The molecule has 0 aliphatic rings. The number of nitrogens with zero attached hydrogens (tertiary/aromatic N) is 6. The van der Waals surface area contributed by atoms with Crippen LogP contribution in [0.5, 0.6) is 0 Å². The van der Waals surface area contributed by atoms with E-state index in [1.165, 1.54) is 0 Å². The van der Waals surface area contributed by atoms with Crippen LogP contribution >= 0.6 is 0 Å². The van der Waals surface area contributed by atoms with Crippen molar-refractivity contribution in [1.29, 1.82) is 0 Å². The van der Waals surface area contributed by atoms with E-state index in [9.17, 15) is 0 Å². The van der Waals surface area contributed by atoms with E-state index in [0.29, 0.717) is 11.5 Å². The number of nitrogens with one attached hydrogen (secondary N) is 2. The van der Waals surface area contributed by atoms with Crippen LogP contribution in [0.1, 0.15) is 0 Å².